The Hall–Kier alpha value is -2.83. The van der Waals surface area contributed by atoms with Crippen molar-refractivity contribution in [1.82, 2.24) is 4.57 Å². The number of nitrogens with two attached hydrogens (primary N) is 1. The number of pyridine rings is 1. The number of nitrogens with zero attached hydrogens (tertiary/aromatic N) is 1. The zero-order valence-corrected chi connectivity index (χ0v) is 10.4. The van der Waals surface area contributed by atoms with Gasteiger partial charge in [0.1, 0.15) is 11.3 Å². The number of carboxylic acids is 1. The SMILES string of the molecule is NC(=O)c1c(O)c2ccccc2n(CCC(=O)O)c1=O. The topological polar surface area (TPSA) is 123 Å². The second-order valence-electron chi connectivity index (χ2n) is 4.21. The molecule has 4 N–H and O–H groups in total. The fourth-order valence-electron chi connectivity index (χ4n) is 2.04. The molecule has 7 nitrogen and oxygen atoms in total. The van der Waals surface area contributed by atoms with E-state index in [9.17, 15) is 19.5 Å². The van der Waals surface area contributed by atoms with E-state index in [2.05, 4.69) is 0 Å². The highest BCUT2D eigenvalue weighted by molar-refractivity contribution is 6.01. The lowest BCUT2D eigenvalue weighted by Crippen LogP contribution is -2.30. The maximum absolute atomic E-state index is 12.2. The number of rotatable bonds is 4. The van der Waals surface area contributed by atoms with Crippen LogP contribution in [0.2, 0.25) is 0 Å². The second-order valence-corrected chi connectivity index (χ2v) is 4.21. The molecule has 0 aliphatic heterocycles. The van der Waals surface area contributed by atoms with Gasteiger partial charge in [0, 0.05) is 11.9 Å². The van der Waals surface area contributed by atoms with Crippen molar-refractivity contribution in [2.75, 3.05) is 0 Å². The number of para-hydroxylation sites is 1. The number of carbonyl (C=O) groups excluding carboxylic acids is 1. The van der Waals surface area contributed by atoms with Gasteiger partial charge in [-0.1, -0.05) is 12.1 Å². The first-order valence-electron chi connectivity index (χ1n) is 5.79. The number of aliphatic carboxylic acids is 1. The largest absolute Gasteiger partial charge is 0.506 e. The Labute approximate surface area is 112 Å². The van der Waals surface area contributed by atoms with Gasteiger partial charge in [-0.05, 0) is 12.1 Å². The average Bonchev–Trinajstić information content (AvgIpc) is 2.38. The van der Waals surface area contributed by atoms with Crippen molar-refractivity contribution < 1.29 is 19.8 Å². The third-order valence-electron chi connectivity index (χ3n) is 2.94. The van der Waals surface area contributed by atoms with Gasteiger partial charge in [0.05, 0.1) is 11.9 Å². The number of carbonyl (C=O) groups is 2. The summed E-state index contributed by atoms with van der Waals surface area (Å²) in [5, 5.41) is 19.0. The summed E-state index contributed by atoms with van der Waals surface area (Å²) in [6.45, 7) is -0.116. The summed E-state index contributed by atoms with van der Waals surface area (Å²) in [6, 6.07) is 6.35. The van der Waals surface area contributed by atoms with Crippen LogP contribution in [0.4, 0.5) is 0 Å². The van der Waals surface area contributed by atoms with Crippen LogP contribution in [0.5, 0.6) is 5.75 Å². The molecule has 0 saturated heterocycles. The van der Waals surface area contributed by atoms with Gasteiger partial charge < -0.3 is 20.5 Å². The lowest BCUT2D eigenvalue weighted by molar-refractivity contribution is -0.137. The number of amides is 1. The number of benzene rings is 1. The van der Waals surface area contributed by atoms with Crippen molar-refractivity contribution in [3.63, 3.8) is 0 Å². The van der Waals surface area contributed by atoms with Crippen LogP contribution in [-0.2, 0) is 11.3 Å². The van der Waals surface area contributed by atoms with E-state index >= 15 is 0 Å². The summed E-state index contributed by atoms with van der Waals surface area (Å²) in [7, 11) is 0. The molecule has 0 spiro atoms. The maximum atomic E-state index is 12.2. The standard InChI is InChI=1S/C13H12N2O5/c14-12(19)10-11(18)7-3-1-2-4-8(7)15(13(10)20)6-5-9(16)17/h1-4,18H,5-6H2,(H2,14,19)(H,16,17). The van der Waals surface area contributed by atoms with Crippen LogP contribution in [-0.4, -0.2) is 26.7 Å². The van der Waals surface area contributed by atoms with Crippen molar-refractivity contribution in [3.8, 4) is 5.75 Å². The summed E-state index contributed by atoms with van der Waals surface area (Å²) >= 11 is 0. The molecule has 0 radical (unpaired) electrons. The average molecular weight is 276 g/mol. The van der Waals surface area contributed by atoms with E-state index in [1.165, 1.54) is 6.07 Å². The number of hydrogen-bond acceptors (Lipinski definition) is 4. The molecule has 1 aromatic heterocycles. The fourth-order valence-corrected chi connectivity index (χ4v) is 2.04. The zero-order valence-electron chi connectivity index (χ0n) is 10.4. The predicted molar refractivity (Wildman–Crippen MR) is 70.6 cm³/mol. The molecular formula is C13H12N2O5. The summed E-state index contributed by atoms with van der Waals surface area (Å²) in [5.74, 6) is -2.61. The molecular weight excluding hydrogens is 264 g/mol. The first-order chi connectivity index (χ1) is 9.43. The third kappa shape index (κ3) is 2.20. The maximum Gasteiger partial charge on any atom is 0.305 e. The van der Waals surface area contributed by atoms with Crippen LogP contribution in [0.25, 0.3) is 10.9 Å². The first-order valence-corrected chi connectivity index (χ1v) is 5.79. The molecule has 20 heavy (non-hydrogen) atoms. The Morgan fingerprint density at radius 3 is 2.50 bits per heavy atom. The summed E-state index contributed by atoms with van der Waals surface area (Å²) in [5.41, 5.74) is 4.12. The van der Waals surface area contributed by atoms with E-state index in [0.717, 1.165) is 4.57 Å². The lowest BCUT2D eigenvalue weighted by atomic mass is 10.1. The third-order valence-corrected chi connectivity index (χ3v) is 2.94. The predicted octanol–water partition coefficient (Wildman–Crippen LogP) is 0.281. The van der Waals surface area contributed by atoms with Gasteiger partial charge in [-0.25, -0.2) is 0 Å². The molecule has 1 amide bonds. The number of aryl methyl sites for hydroxylation is 1. The Bertz CT molecular complexity index is 763. The quantitative estimate of drug-likeness (QED) is 0.740. The van der Waals surface area contributed by atoms with Gasteiger partial charge in [0.15, 0.2) is 0 Å². The van der Waals surface area contributed by atoms with Crippen molar-refractivity contribution in [2.24, 2.45) is 5.73 Å². The molecule has 0 fully saturated rings. The number of carboxylic acid groups (broad SMARTS) is 1. The van der Waals surface area contributed by atoms with Crippen molar-refractivity contribution >= 4 is 22.8 Å². The zero-order chi connectivity index (χ0) is 14.9. The molecule has 0 aliphatic carbocycles. The van der Waals surface area contributed by atoms with Crippen LogP contribution in [0, 0.1) is 0 Å². The van der Waals surface area contributed by atoms with Crippen molar-refractivity contribution in [2.45, 2.75) is 13.0 Å². The van der Waals surface area contributed by atoms with E-state index in [1.807, 2.05) is 0 Å². The van der Waals surface area contributed by atoms with E-state index in [0.29, 0.717) is 5.52 Å². The molecule has 2 aromatic rings. The molecule has 7 heteroatoms. The van der Waals surface area contributed by atoms with Gasteiger partial charge >= 0.3 is 5.97 Å². The smallest absolute Gasteiger partial charge is 0.305 e. The molecule has 2 rings (SSSR count). The highest BCUT2D eigenvalue weighted by atomic mass is 16.4. The number of fused-ring (bicyclic) bond motifs is 1. The Kier molecular flexibility index (Phi) is 3.43. The summed E-state index contributed by atoms with van der Waals surface area (Å²) in [4.78, 5) is 34.1. The molecule has 0 bridgehead atoms. The fraction of sp³-hybridized carbons (Fsp3) is 0.154. The van der Waals surface area contributed by atoms with Gasteiger partial charge in [0.25, 0.3) is 11.5 Å². The number of hydrogen-bond donors (Lipinski definition) is 3. The van der Waals surface area contributed by atoms with E-state index in [4.69, 9.17) is 10.8 Å². The minimum Gasteiger partial charge on any atom is -0.506 e. The van der Waals surface area contributed by atoms with E-state index in [-0.39, 0.29) is 18.4 Å². The van der Waals surface area contributed by atoms with Crippen LogP contribution in [0.15, 0.2) is 29.1 Å². The minimum atomic E-state index is -1.07. The van der Waals surface area contributed by atoms with E-state index in [1.54, 1.807) is 18.2 Å². The Balaban J connectivity index is 2.80. The highest BCUT2D eigenvalue weighted by Gasteiger charge is 2.20. The summed E-state index contributed by atoms with van der Waals surface area (Å²) in [6.07, 6.45) is -0.285. The number of aromatic nitrogens is 1. The van der Waals surface area contributed by atoms with Crippen LogP contribution >= 0.6 is 0 Å². The highest BCUT2D eigenvalue weighted by Crippen LogP contribution is 2.25. The van der Waals surface area contributed by atoms with E-state index < -0.39 is 28.7 Å². The molecule has 0 atom stereocenters. The molecule has 104 valence electrons. The lowest BCUT2D eigenvalue weighted by Gasteiger charge is -2.12. The van der Waals surface area contributed by atoms with Gasteiger partial charge in [-0.15, -0.1) is 0 Å². The van der Waals surface area contributed by atoms with Crippen LogP contribution < -0.4 is 11.3 Å². The monoisotopic (exact) mass is 276 g/mol. The van der Waals surface area contributed by atoms with Crippen molar-refractivity contribution in [1.29, 1.82) is 0 Å². The van der Waals surface area contributed by atoms with Crippen LogP contribution in [0.3, 0.4) is 0 Å². The first kappa shape index (κ1) is 13.6. The van der Waals surface area contributed by atoms with Crippen LogP contribution in [0.1, 0.15) is 16.8 Å². The Morgan fingerprint density at radius 1 is 1.25 bits per heavy atom. The molecule has 1 heterocycles. The Morgan fingerprint density at radius 2 is 1.90 bits per heavy atom. The second kappa shape index (κ2) is 5.04. The number of primary amides is 1. The molecule has 0 aliphatic rings. The normalized spacial score (nSPS) is 10.6. The molecule has 1 aromatic carbocycles. The van der Waals surface area contributed by atoms with Gasteiger partial charge in [-0.2, -0.15) is 0 Å². The minimum absolute atomic E-state index is 0.116. The van der Waals surface area contributed by atoms with Gasteiger partial charge in [0.2, 0.25) is 0 Å². The van der Waals surface area contributed by atoms with Crippen molar-refractivity contribution in [3.05, 3.63) is 40.2 Å². The molecule has 0 unspecified atom stereocenters. The molecule has 0 saturated carbocycles. The van der Waals surface area contributed by atoms with Gasteiger partial charge in [-0.3, -0.25) is 14.4 Å². The number of aromatic hydroxyl groups is 1. The summed E-state index contributed by atoms with van der Waals surface area (Å²) < 4.78 is 1.13.